The van der Waals surface area contributed by atoms with Crippen molar-refractivity contribution in [2.75, 3.05) is 13.6 Å². The Morgan fingerprint density at radius 2 is 1.94 bits per heavy atom. The zero-order valence-electron chi connectivity index (χ0n) is 11.2. The van der Waals surface area contributed by atoms with E-state index in [9.17, 15) is 4.79 Å². The van der Waals surface area contributed by atoms with Gasteiger partial charge >= 0.3 is 0 Å². The van der Waals surface area contributed by atoms with Crippen LogP contribution in [0, 0.1) is 5.92 Å². The minimum absolute atomic E-state index is 0.0312. The second kappa shape index (κ2) is 7.39. The van der Waals surface area contributed by atoms with E-state index in [1.165, 1.54) is 0 Å². The lowest BCUT2D eigenvalue weighted by Crippen LogP contribution is -2.36. The summed E-state index contributed by atoms with van der Waals surface area (Å²) in [7, 11) is 1.85. The van der Waals surface area contributed by atoms with Crippen LogP contribution in [0.4, 0.5) is 0 Å². The van der Waals surface area contributed by atoms with Gasteiger partial charge in [-0.3, -0.25) is 4.79 Å². The smallest absolute Gasteiger partial charge is 0.224 e. The Morgan fingerprint density at radius 3 is 2.44 bits per heavy atom. The Hall–Kier alpha value is -1.06. The molecule has 2 atom stereocenters. The first-order valence-electron chi connectivity index (χ1n) is 6.29. The number of rotatable bonds is 6. The number of carbonyl (C=O) groups excluding carboxylic acids is 1. The summed E-state index contributed by atoms with van der Waals surface area (Å²) in [6.45, 7) is 4.66. The fourth-order valence-corrected chi connectivity index (χ4v) is 1.96. The van der Waals surface area contributed by atoms with Crippen LogP contribution >= 0.6 is 11.6 Å². The molecule has 4 heteroatoms. The molecule has 0 saturated carbocycles. The maximum absolute atomic E-state index is 12.0. The average molecular weight is 269 g/mol. The van der Waals surface area contributed by atoms with Crippen LogP contribution < -0.4 is 10.6 Å². The van der Waals surface area contributed by atoms with Crippen molar-refractivity contribution in [3.63, 3.8) is 0 Å². The number of benzene rings is 1. The first-order chi connectivity index (χ1) is 8.58. The lowest BCUT2D eigenvalue weighted by atomic mass is 10.0. The van der Waals surface area contributed by atoms with Crippen molar-refractivity contribution in [1.29, 1.82) is 0 Å². The van der Waals surface area contributed by atoms with Gasteiger partial charge in [0.15, 0.2) is 0 Å². The normalized spacial score (nSPS) is 14.0. The molecule has 0 aliphatic carbocycles. The van der Waals surface area contributed by atoms with Crippen LogP contribution in [0.15, 0.2) is 24.3 Å². The lowest BCUT2D eigenvalue weighted by Gasteiger charge is -2.20. The van der Waals surface area contributed by atoms with Gasteiger partial charge in [-0.15, -0.1) is 0 Å². The van der Waals surface area contributed by atoms with Crippen LogP contribution in [0.5, 0.6) is 0 Å². The van der Waals surface area contributed by atoms with Crippen molar-refractivity contribution >= 4 is 17.5 Å². The molecular formula is C14H21ClN2O. The van der Waals surface area contributed by atoms with E-state index in [1.54, 1.807) is 0 Å². The van der Waals surface area contributed by atoms with Gasteiger partial charge in [0, 0.05) is 17.5 Å². The number of hydrogen-bond donors (Lipinski definition) is 2. The van der Waals surface area contributed by atoms with E-state index < -0.39 is 0 Å². The molecule has 3 nitrogen and oxygen atoms in total. The molecule has 2 unspecified atom stereocenters. The first kappa shape index (κ1) is 15.0. The van der Waals surface area contributed by atoms with Crippen LogP contribution in [-0.4, -0.2) is 19.5 Å². The minimum atomic E-state index is -0.0312. The predicted octanol–water partition coefficient (Wildman–Crippen LogP) is 2.76. The third-order valence-electron chi connectivity index (χ3n) is 2.96. The number of halogens is 1. The second-order valence-corrected chi connectivity index (χ2v) is 4.92. The molecule has 0 radical (unpaired) electrons. The van der Waals surface area contributed by atoms with Gasteiger partial charge < -0.3 is 10.6 Å². The predicted molar refractivity (Wildman–Crippen MR) is 75.7 cm³/mol. The second-order valence-electron chi connectivity index (χ2n) is 4.48. The molecule has 1 aromatic carbocycles. The molecule has 1 aromatic rings. The molecule has 0 spiro atoms. The highest BCUT2D eigenvalue weighted by molar-refractivity contribution is 6.30. The van der Waals surface area contributed by atoms with Gasteiger partial charge in [-0.1, -0.05) is 37.6 Å². The Labute approximate surface area is 114 Å². The fraction of sp³-hybridized carbons (Fsp3) is 0.500. The summed E-state index contributed by atoms with van der Waals surface area (Å²) in [5.41, 5.74) is 1.09. The molecule has 100 valence electrons. The average Bonchev–Trinajstić information content (AvgIpc) is 2.37. The van der Waals surface area contributed by atoms with E-state index in [1.807, 2.05) is 38.2 Å². The SMILES string of the molecule is CCC(NC(=O)C(C)CNC)c1ccc(Cl)cc1. The highest BCUT2D eigenvalue weighted by Gasteiger charge is 2.17. The summed E-state index contributed by atoms with van der Waals surface area (Å²) in [4.78, 5) is 12.0. The highest BCUT2D eigenvalue weighted by atomic mass is 35.5. The molecule has 0 bridgehead atoms. The quantitative estimate of drug-likeness (QED) is 0.833. The van der Waals surface area contributed by atoms with E-state index >= 15 is 0 Å². The maximum atomic E-state index is 12.0. The van der Waals surface area contributed by atoms with E-state index in [0.717, 1.165) is 12.0 Å². The van der Waals surface area contributed by atoms with Crippen molar-refractivity contribution < 1.29 is 4.79 Å². The van der Waals surface area contributed by atoms with Crippen LogP contribution in [0.3, 0.4) is 0 Å². The van der Waals surface area contributed by atoms with E-state index in [2.05, 4.69) is 17.6 Å². The summed E-state index contributed by atoms with van der Waals surface area (Å²) in [6.07, 6.45) is 0.861. The van der Waals surface area contributed by atoms with Gasteiger partial charge in [0.05, 0.1) is 6.04 Å². The van der Waals surface area contributed by atoms with Gasteiger partial charge in [-0.05, 0) is 31.2 Å². The molecule has 0 aliphatic heterocycles. The van der Waals surface area contributed by atoms with Crippen molar-refractivity contribution in [2.45, 2.75) is 26.3 Å². The molecule has 18 heavy (non-hydrogen) atoms. The molecular weight excluding hydrogens is 248 g/mol. The molecule has 2 N–H and O–H groups in total. The molecule has 0 saturated heterocycles. The standard InChI is InChI=1S/C14H21ClN2O/c1-4-13(11-5-7-12(15)8-6-11)17-14(18)10(2)9-16-3/h5-8,10,13,16H,4,9H2,1-3H3,(H,17,18). The van der Waals surface area contributed by atoms with Crippen molar-refractivity contribution in [3.8, 4) is 0 Å². The topological polar surface area (TPSA) is 41.1 Å². The van der Waals surface area contributed by atoms with Crippen molar-refractivity contribution in [3.05, 3.63) is 34.9 Å². The summed E-state index contributed by atoms with van der Waals surface area (Å²) in [5.74, 6) is 0.0440. The molecule has 1 amide bonds. The Morgan fingerprint density at radius 1 is 1.33 bits per heavy atom. The summed E-state index contributed by atoms with van der Waals surface area (Å²) in [5, 5.41) is 6.79. The molecule has 0 heterocycles. The van der Waals surface area contributed by atoms with E-state index in [4.69, 9.17) is 11.6 Å². The summed E-state index contributed by atoms with van der Waals surface area (Å²) >= 11 is 5.86. The fourth-order valence-electron chi connectivity index (χ4n) is 1.83. The van der Waals surface area contributed by atoms with Crippen LogP contribution in [0.1, 0.15) is 31.9 Å². The minimum Gasteiger partial charge on any atom is -0.349 e. The molecule has 1 rings (SSSR count). The van der Waals surface area contributed by atoms with Gasteiger partial charge in [0.2, 0.25) is 5.91 Å². The number of amides is 1. The Balaban J connectivity index is 2.67. The van der Waals surface area contributed by atoms with Gasteiger partial charge in [0.1, 0.15) is 0 Å². The molecule has 0 aromatic heterocycles. The monoisotopic (exact) mass is 268 g/mol. The number of hydrogen-bond acceptors (Lipinski definition) is 2. The van der Waals surface area contributed by atoms with Crippen LogP contribution in [0.25, 0.3) is 0 Å². The van der Waals surface area contributed by atoms with Crippen LogP contribution in [-0.2, 0) is 4.79 Å². The highest BCUT2D eigenvalue weighted by Crippen LogP contribution is 2.19. The Kier molecular flexibility index (Phi) is 6.16. The third-order valence-corrected chi connectivity index (χ3v) is 3.21. The summed E-state index contributed by atoms with van der Waals surface area (Å²) in [6, 6.07) is 7.67. The van der Waals surface area contributed by atoms with Gasteiger partial charge in [-0.2, -0.15) is 0 Å². The maximum Gasteiger partial charge on any atom is 0.224 e. The van der Waals surface area contributed by atoms with E-state index in [0.29, 0.717) is 11.6 Å². The van der Waals surface area contributed by atoms with Crippen LogP contribution in [0.2, 0.25) is 5.02 Å². The number of nitrogens with one attached hydrogen (secondary N) is 2. The van der Waals surface area contributed by atoms with Crippen molar-refractivity contribution in [2.24, 2.45) is 5.92 Å². The zero-order chi connectivity index (χ0) is 13.5. The Bertz CT molecular complexity index is 378. The molecule has 0 fully saturated rings. The summed E-state index contributed by atoms with van der Waals surface area (Å²) < 4.78 is 0. The van der Waals surface area contributed by atoms with E-state index in [-0.39, 0.29) is 17.9 Å². The first-order valence-corrected chi connectivity index (χ1v) is 6.66. The van der Waals surface area contributed by atoms with Gasteiger partial charge in [0.25, 0.3) is 0 Å². The zero-order valence-corrected chi connectivity index (χ0v) is 11.9. The largest absolute Gasteiger partial charge is 0.349 e. The lowest BCUT2D eigenvalue weighted by molar-refractivity contribution is -0.125. The van der Waals surface area contributed by atoms with Gasteiger partial charge in [-0.25, -0.2) is 0 Å². The van der Waals surface area contributed by atoms with Crippen molar-refractivity contribution in [1.82, 2.24) is 10.6 Å². The third kappa shape index (κ3) is 4.31. The molecule has 0 aliphatic rings. The number of carbonyl (C=O) groups is 1.